The van der Waals surface area contributed by atoms with Crippen molar-refractivity contribution in [3.8, 4) is 0 Å². The normalized spacial score (nSPS) is 24.0. The summed E-state index contributed by atoms with van der Waals surface area (Å²) in [7, 11) is 0. The zero-order valence-corrected chi connectivity index (χ0v) is 10.6. The molecule has 15 heavy (non-hydrogen) atoms. The smallest absolute Gasteiger partial charge is 0.0483 e. The van der Waals surface area contributed by atoms with Crippen molar-refractivity contribution in [3.63, 3.8) is 0 Å². The minimum Gasteiger partial charge on any atom is -0.381 e. The Morgan fingerprint density at radius 1 is 1.07 bits per heavy atom. The van der Waals surface area contributed by atoms with E-state index in [1.807, 2.05) is 0 Å². The first kappa shape index (κ1) is 13.0. The van der Waals surface area contributed by atoms with Gasteiger partial charge in [0.15, 0.2) is 0 Å². The molecule has 1 fully saturated rings. The molecule has 0 aromatic heterocycles. The highest BCUT2D eigenvalue weighted by Crippen LogP contribution is 2.40. The van der Waals surface area contributed by atoms with Gasteiger partial charge < -0.3 is 10.5 Å². The molecule has 0 amide bonds. The van der Waals surface area contributed by atoms with E-state index in [0.717, 1.165) is 38.9 Å². The number of hydrogen-bond donors (Lipinski definition) is 1. The van der Waals surface area contributed by atoms with Crippen LogP contribution in [-0.4, -0.2) is 18.8 Å². The summed E-state index contributed by atoms with van der Waals surface area (Å²) in [4.78, 5) is 0. The molecule has 0 bridgehead atoms. The molecule has 0 radical (unpaired) electrons. The average molecular weight is 213 g/mol. The molecular weight excluding hydrogens is 186 g/mol. The lowest BCUT2D eigenvalue weighted by molar-refractivity contribution is 0.0881. The zero-order valence-electron chi connectivity index (χ0n) is 10.6. The van der Waals surface area contributed by atoms with Gasteiger partial charge in [-0.05, 0) is 43.9 Å². The second kappa shape index (κ2) is 5.31. The summed E-state index contributed by atoms with van der Waals surface area (Å²) in [5.74, 6) is 0. The minimum absolute atomic E-state index is 0.0588. The molecule has 2 N–H and O–H groups in total. The van der Waals surface area contributed by atoms with Crippen LogP contribution in [-0.2, 0) is 4.74 Å². The molecule has 90 valence electrons. The third-order valence-corrected chi connectivity index (χ3v) is 3.69. The summed E-state index contributed by atoms with van der Waals surface area (Å²) in [6, 6.07) is 0. The molecule has 2 heteroatoms. The molecule has 0 saturated heterocycles. The van der Waals surface area contributed by atoms with E-state index in [4.69, 9.17) is 10.5 Å². The number of nitrogens with two attached hydrogens (primary N) is 1. The van der Waals surface area contributed by atoms with Gasteiger partial charge in [0.25, 0.3) is 0 Å². The summed E-state index contributed by atoms with van der Waals surface area (Å²) in [5.41, 5.74) is 6.95. The van der Waals surface area contributed by atoms with E-state index in [1.54, 1.807) is 0 Å². The van der Waals surface area contributed by atoms with Crippen molar-refractivity contribution in [2.75, 3.05) is 13.2 Å². The van der Waals surface area contributed by atoms with E-state index in [1.165, 1.54) is 12.8 Å². The Hall–Kier alpha value is -0.0800. The van der Waals surface area contributed by atoms with Crippen LogP contribution in [0.25, 0.3) is 0 Å². The third kappa shape index (κ3) is 4.52. The Morgan fingerprint density at radius 3 is 2.20 bits per heavy atom. The quantitative estimate of drug-likeness (QED) is 0.712. The van der Waals surface area contributed by atoms with E-state index in [9.17, 15) is 0 Å². The maximum Gasteiger partial charge on any atom is 0.0483 e. The first-order valence-electron chi connectivity index (χ1n) is 6.34. The summed E-state index contributed by atoms with van der Waals surface area (Å²) in [6.07, 6.45) is 6.98. The largest absolute Gasteiger partial charge is 0.381 e. The van der Waals surface area contributed by atoms with Crippen LogP contribution in [0.4, 0.5) is 0 Å². The van der Waals surface area contributed by atoms with E-state index in [0.29, 0.717) is 5.41 Å². The second-order valence-electron chi connectivity index (χ2n) is 5.89. The molecule has 0 heterocycles. The summed E-state index contributed by atoms with van der Waals surface area (Å²) < 4.78 is 5.52. The van der Waals surface area contributed by atoms with Crippen LogP contribution in [0.2, 0.25) is 0 Å². The number of hydrogen-bond acceptors (Lipinski definition) is 2. The van der Waals surface area contributed by atoms with Crippen LogP contribution >= 0.6 is 0 Å². The van der Waals surface area contributed by atoms with Gasteiger partial charge in [-0.25, -0.2) is 0 Å². The van der Waals surface area contributed by atoms with Gasteiger partial charge in [-0.3, -0.25) is 0 Å². The number of rotatable bonds is 5. The van der Waals surface area contributed by atoms with Crippen molar-refractivity contribution in [3.05, 3.63) is 0 Å². The Morgan fingerprint density at radius 2 is 1.67 bits per heavy atom. The van der Waals surface area contributed by atoms with Gasteiger partial charge in [-0.2, -0.15) is 0 Å². The standard InChI is InChI=1S/C13H27NO/c1-4-10-15-11-9-13(14)7-5-12(2,3)6-8-13/h4-11,14H2,1-3H3. The minimum atomic E-state index is 0.0588. The fraction of sp³-hybridized carbons (Fsp3) is 1.00. The predicted octanol–water partition coefficient (Wildman–Crippen LogP) is 3.10. The van der Waals surface area contributed by atoms with E-state index in [2.05, 4.69) is 20.8 Å². The molecule has 1 aliphatic rings. The molecule has 0 spiro atoms. The van der Waals surface area contributed by atoms with Gasteiger partial charge in [-0.15, -0.1) is 0 Å². The van der Waals surface area contributed by atoms with Crippen LogP contribution < -0.4 is 5.73 Å². The SMILES string of the molecule is CCCOCCC1(N)CCC(C)(C)CC1. The molecule has 0 atom stereocenters. The lowest BCUT2D eigenvalue weighted by Gasteiger charge is -2.41. The van der Waals surface area contributed by atoms with Gasteiger partial charge in [0.2, 0.25) is 0 Å². The van der Waals surface area contributed by atoms with Crippen LogP contribution in [0.5, 0.6) is 0 Å². The fourth-order valence-electron chi connectivity index (χ4n) is 2.20. The third-order valence-electron chi connectivity index (χ3n) is 3.69. The summed E-state index contributed by atoms with van der Waals surface area (Å²) in [5, 5.41) is 0. The predicted molar refractivity (Wildman–Crippen MR) is 64.9 cm³/mol. The van der Waals surface area contributed by atoms with Crippen molar-refractivity contribution in [2.45, 2.75) is 64.8 Å². The lowest BCUT2D eigenvalue weighted by Crippen LogP contribution is -2.45. The maximum atomic E-state index is 6.38. The van der Waals surface area contributed by atoms with Crippen LogP contribution in [0.1, 0.15) is 59.3 Å². The lowest BCUT2D eigenvalue weighted by atomic mass is 9.69. The monoisotopic (exact) mass is 213 g/mol. The van der Waals surface area contributed by atoms with Crippen molar-refractivity contribution in [2.24, 2.45) is 11.1 Å². The molecule has 1 saturated carbocycles. The van der Waals surface area contributed by atoms with Crippen molar-refractivity contribution in [1.82, 2.24) is 0 Å². The van der Waals surface area contributed by atoms with E-state index >= 15 is 0 Å². The van der Waals surface area contributed by atoms with Gasteiger partial charge in [0.1, 0.15) is 0 Å². The topological polar surface area (TPSA) is 35.2 Å². The average Bonchev–Trinajstić information content (AvgIpc) is 2.19. The highest BCUT2D eigenvalue weighted by molar-refractivity contribution is 4.92. The Bertz CT molecular complexity index is 179. The zero-order chi connectivity index (χ0) is 11.4. The van der Waals surface area contributed by atoms with Crippen LogP contribution in [0.15, 0.2) is 0 Å². The van der Waals surface area contributed by atoms with Gasteiger partial charge in [0.05, 0.1) is 0 Å². The molecule has 2 nitrogen and oxygen atoms in total. The molecule has 0 aliphatic heterocycles. The molecule has 1 aliphatic carbocycles. The first-order valence-corrected chi connectivity index (χ1v) is 6.34. The Balaban J connectivity index is 2.23. The second-order valence-corrected chi connectivity index (χ2v) is 5.89. The van der Waals surface area contributed by atoms with E-state index in [-0.39, 0.29) is 5.54 Å². The maximum absolute atomic E-state index is 6.38. The Kier molecular flexibility index (Phi) is 4.60. The van der Waals surface area contributed by atoms with Crippen molar-refractivity contribution >= 4 is 0 Å². The van der Waals surface area contributed by atoms with Gasteiger partial charge in [0, 0.05) is 18.8 Å². The molecule has 1 rings (SSSR count). The van der Waals surface area contributed by atoms with Crippen molar-refractivity contribution in [1.29, 1.82) is 0 Å². The van der Waals surface area contributed by atoms with Crippen LogP contribution in [0.3, 0.4) is 0 Å². The summed E-state index contributed by atoms with van der Waals surface area (Å²) in [6.45, 7) is 8.55. The first-order chi connectivity index (χ1) is 6.97. The van der Waals surface area contributed by atoms with Gasteiger partial charge >= 0.3 is 0 Å². The van der Waals surface area contributed by atoms with Gasteiger partial charge in [-0.1, -0.05) is 20.8 Å². The molecule has 0 aromatic rings. The molecule has 0 unspecified atom stereocenters. The van der Waals surface area contributed by atoms with Crippen LogP contribution in [0, 0.1) is 5.41 Å². The highest BCUT2D eigenvalue weighted by atomic mass is 16.5. The van der Waals surface area contributed by atoms with E-state index < -0.39 is 0 Å². The number of ether oxygens (including phenoxy) is 1. The fourth-order valence-corrected chi connectivity index (χ4v) is 2.20. The summed E-state index contributed by atoms with van der Waals surface area (Å²) >= 11 is 0. The van der Waals surface area contributed by atoms with Crippen molar-refractivity contribution < 1.29 is 4.74 Å². The molecule has 0 aromatic carbocycles. The molecular formula is C13H27NO. The Labute approximate surface area is 94.6 Å². The highest BCUT2D eigenvalue weighted by Gasteiger charge is 2.34.